The number of anilines is 1. The fraction of sp³-hybridized carbons (Fsp3) is 0.417. The molecule has 0 heterocycles. The second-order valence-corrected chi connectivity index (χ2v) is 7.42. The van der Waals surface area contributed by atoms with Crippen molar-refractivity contribution < 1.29 is 17.6 Å². The normalized spacial score (nSPS) is 11.7. The first kappa shape index (κ1) is 17.9. The molecule has 0 atom stereocenters. The van der Waals surface area contributed by atoms with E-state index in [1.165, 1.54) is 0 Å². The third kappa shape index (κ3) is 5.25. The summed E-state index contributed by atoms with van der Waals surface area (Å²) in [6.07, 6.45) is 0. The van der Waals surface area contributed by atoms with E-state index in [2.05, 4.69) is 26.0 Å². The largest absolute Gasteiger partial charge is 0.398 e. The van der Waals surface area contributed by atoms with Crippen LogP contribution in [0, 0.1) is 11.7 Å². The van der Waals surface area contributed by atoms with Gasteiger partial charge in [0.15, 0.2) is 0 Å². The molecule has 1 rings (SSSR count). The van der Waals surface area contributed by atoms with Crippen molar-refractivity contribution in [3.63, 3.8) is 0 Å². The smallest absolute Gasteiger partial charge is 0.243 e. The fourth-order valence-electron chi connectivity index (χ4n) is 1.40. The van der Waals surface area contributed by atoms with Crippen molar-refractivity contribution in [1.29, 1.82) is 0 Å². The summed E-state index contributed by atoms with van der Waals surface area (Å²) in [6, 6.07) is 1.95. The van der Waals surface area contributed by atoms with Crippen molar-refractivity contribution in [3.8, 4) is 0 Å². The molecule has 0 aliphatic rings. The number of hydrogen-bond acceptors (Lipinski definition) is 4. The first-order chi connectivity index (χ1) is 9.63. The summed E-state index contributed by atoms with van der Waals surface area (Å²) >= 11 is 2.89. The van der Waals surface area contributed by atoms with Crippen LogP contribution < -0.4 is 15.8 Å². The highest BCUT2D eigenvalue weighted by Crippen LogP contribution is 2.25. The Morgan fingerprint density at radius 3 is 2.62 bits per heavy atom. The standard InChI is InChI=1S/C12H17BrFN3O3S/c1-7(2)5-16-12(18)6-17-21(19,20)11-3-8(13)9(14)4-10(11)15/h3-4,7,17H,5-6,15H2,1-2H3,(H,16,18). The number of benzene rings is 1. The maximum atomic E-state index is 13.2. The van der Waals surface area contributed by atoms with Gasteiger partial charge in [0.25, 0.3) is 0 Å². The molecule has 4 N–H and O–H groups in total. The fourth-order valence-corrected chi connectivity index (χ4v) is 3.01. The Morgan fingerprint density at radius 2 is 2.05 bits per heavy atom. The quantitative estimate of drug-likeness (QED) is 0.644. The molecule has 1 aromatic carbocycles. The molecule has 0 saturated heterocycles. The van der Waals surface area contributed by atoms with Crippen LogP contribution in [-0.4, -0.2) is 27.4 Å². The van der Waals surface area contributed by atoms with Gasteiger partial charge in [-0.3, -0.25) is 4.79 Å². The van der Waals surface area contributed by atoms with Gasteiger partial charge in [0.1, 0.15) is 10.7 Å². The minimum Gasteiger partial charge on any atom is -0.398 e. The van der Waals surface area contributed by atoms with Crippen LogP contribution in [0.2, 0.25) is 0 Å². The topological polar surface area (TPSA) is 101 Å². The van der Waals surface area contributed by atoms with Gasteiger partial charge >= 0.3 is 0 Å². The molecular weight excluding hydrogens is 365 g/mol. The van der Waals surface area contributed by atoms with Crippen LogP contribution in [0.1, 0.15) is 13.8 Å². The molecular formula is C12H17BrFN3O3S. The van der Waals surface area contributed by atoms with Gasteiger partial charge in [-0.2, -0.15) is 0 Å². The van der Waals surface area contributed by atoms with E-state index in [0.29, 0.717) is 6.54 Å². The van der Waals surface area contributed by atoms with E-state index >= 15 is 0 Å². The summed E-state index contributed by atoms with van der Waals surface area (Å²) in [5.74, 6) is -0.859. The number of amides is 1. The van der Waals surface area contributed by atoms with Gasteiger partial charge in [0.2, 0.25) is 15.9 Å². The molecule has 0 unspecified atom stereocenters. The zero-order chi connectivity index (χ0) is 16.2. The molecule has 9 heteroatoms. The predicted octanol–water partition coefficient (Wildman–Crippen LogP) is 1.22. The molecule has 0 aliphatic heterocycles. The highest BCUT2D eigenvalue weighted by Gasteiger charge is 2.20. The number of nitrogens with two attached hydrogens (primary N) is 1. The molecule has 6 nitrogen and oxygen atoms in total. The third-order valence-corrected chi connectivity index (χ3v) is 4.54. The highest BCUT2D eigenvalue weighted by atomic mass is 79.9. The van der Waals surface area contributed by atoms with Crippen molar-refractivity contribution >= 4 is 37.5 Å². The lowest BCUT2D eigenvalue weighted by Crippen LogP contribution is -2.38. The molecule has 0 radical (unpaired) electrons. The predicted molar refractivity (Wildman–Crippen MR) is 81.5 cm³/mol. The summed E-state index contributed by atoms with van der Waals surface area (Å²) in [4.78, 5) is 11.2. The monoisotopic (exact) mass is 381 g/mol. The molecule has 0 fully saturated rings. The molecule has 0 saturated carbocycles. The van der Waals surface area contributed by atoms with Crippen LogP contribution in [-0.2, 0) is 14.8 Å². The van der Waals surface area contributed by atoms with E-state index in [9.17, 15) is 17.6 Å². The number of rotatable bonds is 6. The van der Waals surface area contributed by atoms with Crippen LogP contribution in [0.5, 0.6) is 0 Å². The van der Waals surface area contributed by atoms with E-state index in [-0.39, 0.29) is 21.0 Å². The number of nitrogen functional groups attached to an aromatic ring is 1. The van der Waals surface area contributed by atoms with Crippen molar-refractivity contribution in [1.82, 2.24) is 10.0 Å². The van der Waals surface area contributed by atoms with Gasteiger partial charge in [0.05, 0.1) is 16.7 Å². The third-order valence-electron chi connectivity index (χ3n) is 2.47. The summed E-state index contributed by atoms with van der Waals surface area (Å²) in [6.45, 7) is 3.87. The van der Waals surface area contributed by atoms with Gasteiger partial charge in [-0.25, -0.2) is 17.5 Å². The van der Waals surface area contributed by atoms with Crippen molar-refractivity contribution in [2.75, 3.05) is 18.8 Å². The Morgan fingerprint density at radius 1 is 1.43 bits per heavy atom. The summed E-state index contributed by atoms with van der Waals surface area (Å²) in [5.41, 5.74) is 5.27. The van der Waals surface area contributed by atoms with Gasteiger partial charge in [-0.1, -0.05) is 13.8 Å². The maximum Gasteiger partial charge on any atom is 0.243 e. The Hall–Kier alpha value is -1.19. The molecule has 1 aromatic rings. The lowest BCUT2D eigenvalue weighted by atomic mass is 10.2. The number of carbonyl (C=O) groups is 1. The zero-order valence-electron chi connectivity index (χ0n) is 11.6. The average Bonchev–Trinajstić information content (AvgIpc) is 2.38. The second-order valence-electron chi connectivity index (χ2n) is 4.83. The van der Waals surface area contributed by atoms with Gasteiger partial charge in [-0.15, -0.1) is 0 Å². The Balaban J connectivity index is 2.79. The SMILES string of the molecule is CC(C)CNC(=O)CNS(=O)(=O)c1cc(Br)c(F)cc1N. The molecule has 118 valence electrons. The lowest BCUT2D eigenvalue weighted by Gasteiger charge is -2.11. The molecule has 21 heavy (non-hydrogen) atoms. The van der Waals surface area contributed by atoms with E-state index in [1.807, 2.05) is 13.8 Å². The summed E-state index contributed by atoms with van der Waals surface area (Å²) < 4.78 is 39.4. The Kier molecular flexibility index (Phi) is 6.11. The van der Waals surface area contributed by atoms with Crippen LogP contribution >= 0.6 is 15.9 Å². The van der Waals surface area contributed by atoms with Crippen LogP contribution in [0.3, 0.4) is 0 Å². The average molecular weight is 382 g/mol. The Bertz CT molecular complexity index is 635. The summed E-state index contributed by atoms with van der Waals surface area (Å²) in [7, 11) is -4.00. The molecule has 0 bridgehead atoms. The van der Waals surface area contributed by atoms with Crippen molar-refractivity contribution in [2.24, 2.45) is 5.92 Å². The minimum atomic E-state index is -4.00. The maximum absolute atomic E-state index is 13.2. The van der Waals surface area contributed by atoms with Crippen molar-refractivity contribution in [2.45, 2.75) is 18.7 Å². The highest BCUT2D eigenvalue weighted by molar-refractivity contribution is 9.10. The molecule has 0 aliphatic carbocycles. The first-order valence-corrected chi connectivity index (χ1v) is 8.42. The van der Waals surface area contributed by atoms with E-state index < -0.39 is 28.3 Å². The number of carbonyl (C=O) groups excluding carboxylic acids is 1. The van der Waals surface area contributed by atoms with Crippen molar-refractivity contribution in [3.05, 3.63) is 22.4 Å². The van der Waals surface area contributed by atoms with Gasteiger partial charge < -0.3 is 11.1 Å². The number of hydrogen-bond donors (Lipinski definition) is 3. The first-order valence-electron chi connectivity index (χ1n) is 6.14. The van der Waals surface area contributed by atoms with Crippen LogP contribution in [0.4, 0.5) is 10.1 Å². The van der Waals surface area contributed by atoms with E-state index in [4.69, 9.17) is 5.73 Å². The number of nitrogens with one attached hydrogen (secondary N) is 2. The zero-order valence-corrected chi connectivity index (χ0v) is 14.0. The summed E-state index contributed by atoms with van der Waals surface area (Å²) in [5, 5.41) is 2.57. The van der Waals surface area contributed by atoms with Gasteiger partial charge in [-0.05, 0) is 34.0 Å². The number of halogens is 2. The van der Waals surface area contributed by atoms with Gasteiger partial charge in [0, 0.05) is 6.54 Å². The Labute approximate surface area is 131 Å². The molecule has 1 amide bonds. The van der Waals surface area contributed by atoms with Crippen LogP contribution in [0.25, 0.3) is 0 Å². The lowest BCUT2D eigenvalue weighted by molar-refractivity contribution is -0.120. The molecule has 0 aromatic heterocycles. The second kappa shape index (κ2) is 7.19. The molecule has 0 spiro atoms. The van der Waals surface area contributed by atoms with E-state index in [1.54, 1.807) is 0 Å². The number of sulfonamides is 1. The minimum absolute atomic E-state index is 0.0265. The van der Waals surface area contributed by atoms with Crippen LogP contribution in [0.15, 0.2) is 21.5 Å². The van der Waals surface area contributed by atoms with E-state index in [0.717, 1.165) is 12.1 Å².